The zero-order valence-corrected chi connectivity index (χ0v) is 9.09. The van der Waals surface area contributed by atoms with Crippen molar-refractivity contribution >= 4 is 0 Å². The van der Waals surface area contributed by atoms with Crippen molar-refractivity contribution in [2.75, 3.05) is 20.1 Å². The van der Waals surface area contributed by atoms with Crippen LogP contribution in [0.15, 0.2) is 24.3 Å². The Morgan fingerprint density at radius 3 is 2.50 bits per heavy atom. The number of hydrogen-bond donors (Lipinski definition) is 0. The molecule has 0 amide bonds. The van der Waals surface area contributed by atoms with Crippen LogP contribution in [0.3, 0.4) is 0 Å². The second-order valence-corrected chi connectivity index (χ2v) is 4.33. The summed E-state index contributed by atoms with van der Waals surface area (Å²) in [4.78, 5) is 2.07. The standard InChI is InChI=1S/C12H14F3N/c1-16-7-6-9(8-16)10-4-2-3-5-11(10)12(13,14)15/h2-5,9H,6-8H2,1H3/t9-/m1/s1. The van der Waals surface area contributed by atoms with Gasteiger partial charge in [-0.05, 0) is 37.6 Å². The lowest BCUT2D eigenvalue weighted by Gasteiger charge is -2.17. The molecule has 1 nitrogen and oxygen atoms in total. The predicted octanol–water partition coefficient (Wildman–Crippen LogP) is 3.12. The van der Waals surface area contributed by atoms with Gasteiger partial charge in [-0.3, -0.25) is 0 Å². The molecule has 1 aliphatic rings. The number of benzene rings is 1. The maximum Gasteiger partial charge on any atom is 0.416 e. The van der Waals surface area contributed by atoms with Crippen LogP contribution in [0.25, 0.3) is 0 Å². The van der Waals surface area contributed by atoms with Gasteiger partial charge in [-0.25, -0.2) is 0 Å². The van der Waals surface area contributed by atoms with Gasteiger partial charge in [-0.1, -0.05) is 18.2 Å². The summed E-state index contributed by atoms with van der Waals surface area (Å²) in [6.07, 6.45) is -3.43. The highest BCUT2D eigenvalue weighted by Gasteiger charge is 2.36. The normalized spacial score (nSPS) is 22.6. The third kappa shape index (κ3) is 2.21. The Bertz CT molecular complexity index is 373. The highest BCUT2D eigenvalue weighted by Crippen LogP contribution is 2.37. The van der Waals surface area contributed by atoms with Gasteiger partial charge < -0.3 is 4.90 Å². The van der Waals surface area contributed by atoms with Gasteiger partial charge in [0.2, 0.25) is 0 Å². The molecule has 1 heterocycles. The Kier molecular flexibility index (Phi) is 2.93. The Morgan fingerprint density at radius 1 is 1.25 bits per heavy atom. The Balaban J connectivity index is 2.34. The van der Waals surface area contributed by atoms with Crippen LogP contribution in [-0.4, -0.2) is 25.0 Å². The molecule has 0 aromatic heterocycles. The van der Waals surface area contributed by atoms with E-state index in [1.165, 1.54) is 12.1 Å². The molecule has 16 heavy (non-hydrogen) atoms. The Hall–Kier alpha value is -1.03. The van der Waals surface area contributed by atoms with Crippen molar-refractivity contribution in [2.24, 2.45) is 0 Å². The topological polar surface area (TPSA) is 3.24 Å². The molecule has 0 spiro atoms. The lowest BCUT2D eigenvalue weighted by Crippen LogP contribution is -2.16. The molecule has 1 saturated heterocycles. The number of likely N-dealkylation sites (N-methyl/N-ethyl adjacent to an activating group) is 1. The van der Waals surface area contributed by atoms with E-state index in [-0.39, 0.29) is 5.92 Å². The molecule has 2 rings (SSSR count). The summed E-state index contributed by atoms with van der Waals surface area (Å²) in [6.45, 7) is 1.59. The molecule has 0 saturated carbocycles. The lowest BCUT2D eigenvalue weighted by molar-refractivity contribution is -0.138. The maximum absolute atomic E-state index is 12.8. The van der Waals surface area contributed by atoms with E-state index in [0.29, 0.717) is 12.1 Å². The van der Waals surface area contributed by atoms with Gasteiger partial charge in [0.15, 0.2) is 0 Å². The molecule has 1 atom stereocenters. The summed E-state index contributed by atoms with van der Waals surface area (Å²) < 4.78 is 38.4. The van der Waals surface area contributed by atoms with E-state index >= 15 is 0 Å². The van der Waals surface area contributed by atoms with Gasteiger partial charge in [0, 0.05) is 6.54 Å². The van der Waals surface area contributed by atoms with Crippen molar-refractivity contribution in [3.8, 4) is 0 Å². The summed E-state index contributed by atoms with van der Waals surface area (Å²) in [7, 11) is 1.94. The largest absolute Gasteiger partial charge is 0.416 e. The summed E-state index contributed by atoms with van der Waals surface area (Å²) in [5.41, 5.74) is -0.0327. The molecule has 88 valence electrons. The average Bonchev–Trinajstić information content (AvgIpc) is 2.64. The number of likely N-dealkylation sites (tertiary alicyclic amines) is 1. The molecule has 0 unspecified atom stereocenters. The number of nitrogens with zero attached hydrogens (tertiary/aromatic N) is 1. The minimum Gasteiger partial charge on any atom is -0.306 e. The van der Waals surface area contributed by atoms with E-state index in [9.17, 15) is 13.2 Å². The number of rotatable bonds is 1. The van der Waals surface area contributed by atoms with Gasteiger partial charge >= 0.3 is 6.18 Å². The van der Waals surface area contributed by atoms with Crippen LogP contribution in [0.1, 0.15) is 23.5 Å². The minimum absolute atomic E-state index is 0.0165. The smallest absolute Gasteiger partial charge is 0.306 e. The van der Waals surface area contributed by atoms with E-state index in [0.717, 1.165) is 13.0 Å². The van der Waals surface area contributed by atoms with Crippen molar-refractivity contribution in [1.82, 2.24) is 4.90 Å². The molecule has 4 heteroatoms. The van der Waals surface area contributed by atoms with Crippen LogP contribution in [0.2, 0.25) is 0 Å². The highest BCUT2D eigenvalue weighted by atomic mass is 19.4. The van der Waals surface area contributed by atoms with Gasteiger partial charge in [-0.15, -0.1) is 0 Å². The quantitative estimate of drug-likeness (QED) is 0.715. The average molecular weight is 229 g/mol. The first-order valence-electron chi connectivity index (χ1n) is 5.33. The van der Waals surface area contributed by atoms with Crippen LogP contribution < -0.4 is 0 Å². The SMILES string of the molecule is CN1CC[C@@H](c2ccccc2C(F)(F)F)C1. The first-order valence-corrected chi connectivity index (χ1v) is 5.33. The summed E-state index contributed by atoms with van der Waals surface area (Å²) in [5, 5.41) is 0. The Labute approximate surface area is 92.9 Å². The van der Waals surface area contributed by atoms with Crippen molar-refractivity contribution in [1.29, 1.82) is 0 Å². The van der Waals surface area contributed by atoms with Gasteiger partial charge in [0.25, 0.3) is 0 Å². The van der Waals surface area contributed by atoms with Crippen molar-refractivity contribution in [2.45, 2.75) is 18.5 Å². The number of halogens is 3. The zero-order valence-electron chi connectivity index (χ0n) is 9.09. The van der Waals surface area contributed by atoms with Crippen LogP contribution in [0.5, 0.6) is 0 Å². The maximum atomic E-state index is 12.8. The second-order valence-electron chi connectivity index (χ2n) is 4.33. The van der Waals surface area contributed by atoms with E-state index in [4.69, 9.17) is 0 Å². The molecular formula is C12H14F3N. The minimum atomic E-state index is -4.24. The van der Waals surface area contributed by atoms with E-state index in [1.54, 1.807) is 12.1 Å². The third-order valence-electron chi connectivity index (χ3n) is 3.10. The molecule has 1 aromatic rings. The van der Waals surface area contributed by atoms with Crippen molar-refractivity contribution in [3.63, 3.8) is 0 Å². The lowest BCUT2D eigenvalue weighted by atomic mass is 9.93. The molecule has 1 fully saturated rings. The molecule has 0 radical (unpaired) electrons. The number of hydrogen-bond acceptors (Lipinski definition) is 1. The zero-order chi connectivity index (χ0) is 11.8. The van der Waals surface area contributed by atoms with E-state index in [1.807, 2.05) is 7.05 Å². The van der Waals surface area contributed by atoms with Gasteiger partial charge in [0.1, 0.15) is 0 Å². The third-order valence-corrected chi connectivity index (χ3v) is 3.10. The second kappa shape index (κ2) is 4.09. The summed E-state index contributed by atoms with van der Waals surface area (Å²) in [5.74, 6) is 0.0165. The summed E-state index contributed by atoms with van der Waals surface area (Å²) in [6, 6.07) is 5.91. The van der Waals surface area contributed by atoms with Crippen molar-refractivity contribution < 1.29 is 13.2 Å². The molecular weight excluding hydrogens is 215 g/mol. The van der Waals surface area contributed by atoms with Crippen LogP contribution in [-0.2, 0) is 6.18 Å². The molecule has 1 aromatic carbocycles. The van der Waals surface area contributed by atoms with Gasteiger partial charge in [-0.2, -0.15) is 13.2 Å². The van der Waals surface area contributed by atoms with Gasteiger partial charge in [0.05, 0.1) is 5.56 Å². The van der Waals surface area contributed by atoms with E-state index in [2.05, 4.69) is 4.90 Å². The van der Waals surface area contributed by atoms with Crippen LogP contribution >= 0.6 is 0 Å². The number of alkyl halides is 3. The van der Waals surface area contributed by atoms with Crippen LogP contribution in [0.4, 0.5) is 13.2 Å². The summed E-state index contributed by atoms with van der Waals surface area (Å²) >= 11 is 0. The highest BCUT2D eigenvalue weighted by molar-refractivity contribution is 5.33. The van der Waals surface area contributed by atoms with E-state index < -0.39 is 11.7 Å². The molecule has 0 bridgehead atoms. The molecule has 0 aliphatic carbocycles. The predicted molar refractivity (Wildman–Crippen MR) is 56.3 cm³/mol. The molecule has 1 aliphatic heterocycles. The molecule has 0 N–H and O–H groups in total. The fraction of sp³-hybridized carbons (Fsp3) is 0.500. The Morgan fingerprint density at radius 2 is 1.94 bits per heavy atom. The fourth-order valence-electron chi connectivity index (χ4n) is 2.30. The first-order chi connectivity index (χ1) is 7.48. The van der Waals surface area contributed by atoms with Crippen molar-refractivity contribution in [3.05, 3.63) is 35.4 Å². The fourth-order valence-corrected chi connectivity index (χ4v) is 2.30. The monoisotopic (exact) mass is 229 g/mol. The van der Waals surface area contributed by atoms with Crippen LogP contribution in [0, 0.1) is 0 Å². The first kappa shape index (κ1) is 11.5.